The zero-order chi connectivity index (χ0) is 14.4. The molecule has 0 unspecified atom stereocenters. The second kappa shape index (κ2) is 6.56. The van der Waals surface area contributed by atoms with Crippen molar-refractivity contribution in [1.82, 2.24) is 5.32 Å². The van der Waals surface area contributed by atoms with E-state index in [0.29, 0.717) is 19.4 Å². The molecule has 0 saturated carbocycles. The van der Waals surface area contributed by atoms with Gasteiger partial charge in [0.1, 0.15) is 5.84 Å². The molecule has 104 valence electrons. The molecule has 0 radical (unpaired) electrons. The van der Waals surface area contributed by atoms with E-state index >= 15 is 0 Å². The summed E-state index contributed by atoms with van der Waals surface area (Å²) in [6.07, 6.45) is 0.654. The summed E-state index contributed by atoms with van der Waals surface area (Å²) in [7, 11) is 0. The summed E-state index contributed by atoms with van der Waals surface area (Å²) in [5.74, 6) is 0.0297. The van der Waals surface area contributed by atoms with Crippen molar-refractivity contribution in [1.29, 1.82) is 0 Å². The summed E-state index contributed by atoms with van der Waals surface area (Å²) in [4.78, 5) is 11.8. The number of benzene rings is 2. The van der Waals surface area contributed by atoms with Gasteiger partial charge in [0, 0.05) is 13.0 Å². The molecule has 0 bridgehead atoms. The van der Waals surface area contributed by atoms with Gasteiger partial charge in [0.2, 0.25) is 5.91 Å². The maximum absolute atomic E-state index is 11.8. The van der Waals surface area contributed by atoms with Gasteiger partial charge in [-0.05, 0) is 16.3 Å². The molecular formula is C15H17N3O2. The highest BCUT2D eigenvalue weighted by molar-refractivity contribution is 5.85. The van der Waals surface area contributed by atoms with Gasteiger partial charge in [0.15, 0.2) is 0 Å². The lowest BCUT2D eigenvalue weighted by Crippen LogP contribution is -2.29. The zero-order valence-electron chi connectivity index (χ0n) is 11.0. The van der Waals surface area contributed by atoms with Crippen molar-refractivity contribution in [3.8, 4) is 0 Å². The van der Waals surface area contributed by atoms with Crippen molar-refractivity contribution in [2.75, 3.05) is 6.54 Å². The van der Waals surface area contributed by atoms with Gasteiger partial charge in [-0.1, -0.05) is 47.6 Å². The predicted octanol–water partition coefficient (Wildman–Crippen LogP) is 1.64. The maximum Gasteiger partial charge on any atom is 0.224 e. The Morgan fingerprint density at radius 1 is 1.20 bits per heavy atom. The minimum absolute atomic E-state index is 0.0778. The lowest BCUT2D eigenvalue weighted by atomic mass is 10.0. The molecule has 2 aromatic carbocycles. The van der Waals surface area contributed by atoms with E-state index in [-0.39, 0.29) is 11.7 Å². The van der Waals surface area contributed by atoms with Crippen LogP contribution in [-0.2, 0) is 11.2 Å². The molecule has 0 fully saturated rings. The summed E-state index contributed by atoms with van der Waals surface area (Å²) < 4.78 is 0. The molecule has 0 aliphatic rings. The van der Waals surface area contributed by atoms with Crippen molar-refractivity contribution in [3.63, 3.8) is 0 Å². The third kappa shape index (κ3) is 3.71. The van der Waals surface area contributed by atoms with Crippen LogP contribution in [0.3, 0.4) is 0 Å². The molecule has 0 saturated heterocycles. The Labute approximate surface area is 117 Å². The standard InChI is InChI=1S/C15H17N3O2/c16-14(18-20)7-8-17-15(19)10-11-5-6-12-3-1-2-4-13(12)9-11/h1-6,9,20H,7-8,10H2,(H2,16,18)(H,17,19). The third-order valence-corrected chi connectivity index (χ3v) is 3.01. The first-order valence-corrected chi connectivity index (χ1v) is 6.40. The van der Waals surface area contributed by atoms with Crippen molar-refractivity contribution in [2.24, 2.45) is 10.9 Å². The predicted molar refractivity (Wildman–Crippen MR) is 78.7 cm³/mol. The number of amides is 1. The first-order chi connectivity index (χ1) is 9.69. The molecule has 0 aliphatic carbocycles. The molecular weight excluding hydrogens is 254 g/mol. The minimum Gasteiger partial charge on any atom is -0.409 e. The number of amidine groups is 1. The largest absolute Gasteiger partial charge is 0.409 e. The number of nitrogens with zero attached hydrogens (tertiary/aromatic N) is 1. The minimum atomic E-state index is -0.0778. The van der Waals surface area contributed by atoms with Gasteiger partial charge in [-0.15, -0.1) is 0 Å². The van der Waals surface area contributed by atoms with Gasteiger partial charge < -0.3 is 16.3 Å². The highest BCUT2D eigenvalue weighted by atomic mass is 16.4. The molecule has 5 heteroatoms. The number of rotatable bonds is 5. The number of fused-ring (bicyclic) bond motifs is 1. The molecule has 0 aliphatic heterocycles. The molecule has 0 atom stereocenters. The fourth-order valence-corrected chi connectivity index (χ4v) is 1.98. The monoisotopic (exact) mass is 271 g/mol. The van der Waals surface area contributed by atoms with Crippen molar-refractivity contribution >= 4 is 22.5 Å². The Balaban J connectivity index is 1.92. The Morgan fingerprint density at radius 2 is 1.95 bits per heavy atom. The van der Waals surface area contributed by atoms with E-state index in [9.17, 15) is 4.79 Å². The summed E-state index contributed by atoms with van der Waals surface area (Å²) >= 11 is 0. The first kappa shape index (κ1) is 13.9. The number of hydrogen-bond donors (Lipinski definition) is 3. The van der Waals surface area contributed by atoms with E-state index in [1.54, 1.807) is 0 Å². The number of nitrogens with two attached hydrogens (primary N) is 1. The van der Waals surface area contributed by atoms with Crippen LogP contribution in [0, 0.1) is 0 Å². The summed E-state index contributed by atoms with van der Waals surface area (Å²) in [6.45, 7) is 0.363. The lowest BCUT2D eigenvalue weighted by Gasteiger charge is -2.06. The molecule has 4 N–H and O–H groups in total. The number of carbonyl (C=O) groups excluding carboxylic acids is 1. The van der Waals surface area contributed by atoms with E-state index in [4.69, 9.17) is 10.9 Å². The summed E-state index contributed by atoms with van der Waals surface area (Å²) in [5.41, 5.74) is 6.29. The number of carbonyl (C=O) groups is 1. The molecule has 20 heavy (non-hydrogen) atoms. The number of nitrogens with one attached hydrogen (secondary N) is 1. The number of hydrogen-bond acceptors (Lipinski definition) is 3. The molecule has 2 aromatic rings. The second-order valence-corrected chi connectivity index (χ2v) is 4.55. The summed E-state index contributed by atoms with van der Waals surface area (Å²) in [6, 6.07) is 14.0. The normalized spacial score (nSPS) is 11.5. The van der Waals surface area contributed by atoms with Crippen LogP contribution < -0.4 is 11.1 Å². The average Bonchev–Trinajstić information content (AvgIpc) is 2.47. The Hall–Kier alpha value is -2.56. The van der Waals surface area contributed by atoms with E-state index in [1.807, 2.05) is 42.5 Å². The van der Waals surface area contributed by atoms with E-state index in [0.717, 1.165) is 16.3 Å². The molecule has 1 amide bonds. The third-order valence-electron chi connectivity index (χ3n) is 3.01. The highest BCUT2D eigenvalue weighted by Gasteiger charge is 2.04. The van der Waals surface area contributed by atoms with Crippen molar-refractivity contribution in [2.45, 2.75) is 12.8 Å². The Kier molecular flexibility index (Phi) is 4.55. The molecule has 0 heterocycles. The van der Waals surface area contributed by atoms with Gasteiger partial charge in [0.25, 0.3) is 0 Å². The van der Waals surface area contributed by atoms with Crippen LogP contribution >= 0.6 is 0 Å². The fraction of sp³-hybridized carbons (Fsp3) is 0.200. The van der Waals surface area contributed by atoms with Gasteiger partial charge in [0.05, 0.1) is 6.42 Å². The quantitative estimate of drug-likeness (QED) is 0.334. The fourth-order valence-electron chi connectivity index (χ4n) is 1.98. The first-order valence-electron chi connectivity index (χ1n) is 6.40. The lowest BCUT2D eigenvalue weighted by molar-refractivity contribution is -0.120. The van der Waals surface area contributed by atoms with Crippen molar-refractivity contribution in [3.05, 3.63) is 48.0 Å². The molecule has 0 aromatic heterocycles. The second-order valence-electron chi connectivity index (χ2n) is 4.55. The van der Waals surface area contributed by atoms with E-state index in [1.165, 1.54) is 0 Å². The summed E-state index contributed by atoms with van der Waals surface area (Å²) in [5, 5.41) is 16.2. The average molecular weight is 271 g/mol. The smallest absolute Gasteiger partial charge is 0.224 e. The van der Waals surface area contributed by atoms with Crippen LogP contribution in [0.5, 0.6) is 0 Å². The Bertz CT molecular complexity index is 638. The van der Waals surface area contributed by atoms with Crippen LogP contribution in [0.15, 0.2) is 47.6 Å². The van der Waals surface area contributed by atoms with Crippen LogP contribution in [0.1, 0.15) is 12.0 Å². The molecule has 5 nitrogen and oxygen atoms in total. The SMILES string of the molecule is NC(CCNC(=O)Cc1ccc2ccccc2c1)=NO. The molecule has 0 spiro atoms. The van der Waals surface area contributed by atoms with Gasteiger partial charge in [-0.2, -0.15) is 0 Å². The van der Waals surface area contributed by atoms with Crippen LogP contribution in [0.2, 0.25) is 0 Å². The van der Waals surface area contributed by atoms with E-state index < -0.39 is 0 Å². The van der Waals surface area contributed by atoms with Crippen LogP contribution in [0.4, 0.5) is 0 Å². The van der Waals surface area contributed by atoms with Crippen molar-refractivity contribution < 1.29 is 10.0 Å². The van der Waals surface area contributed by atoms with Gasteiger partial charge >= 0.3 is 0 Å². The highest BCUT2D eigenvalue weighted by Crippen LogP contribution is 2.15. The van der Waals surface area contributed by atoms with Gasteiger partial charge in [-0.3, -0.25) is 4.79 Å². The van der Waals surface area contributed by atoms with Crippen LogP contribution in [0.25, 0.3) is 10.8 Å². The Morgan fingerprint density at radius 3 is 2.70 bits per heavy atom. The maximum atomic E-state index is 11.8. The van der Waals surface area contributed by atoms with Crippen LogP contribution in [-0.4, -0.2) is 23.5 Å². The van der Waals surface area contributed by atoms with E-state index in [2.05, 4.69) is 10.5 Å². The number of oxime groups is 1. The molecule has 2 rings (SSSR count). The zero-order valence-corrected chi connectivity index (χ0v) is 11.0. The van der Waals surface area contributed by atoms with Gasteiger partial charge in [-0.25, -0.2) is 0 Å². The topological polar surface area (TPSA) is 87.7 Å².